The molecule has 8 nitrogen and oxygen atoms in total. The van der Waals surface area contributed by atoms with Gasteiger partial charge in [-0.25, -0.2) is 8.42 Å². The first-order chi connectivity index (χ1) is 13.3. The van der Waals surface area contributed by atoms with E-state index in [4.69, 9.17) is 4.74 Å². The van der Waals surface area contributed by atoms with E-state index in [1.807, 2.05) is 6.07 Å². The Morgan fingerprint density at radius 2 is 1.75 bits per heavy atom. The Balaban J connectivity index is 2.24. The van der Waals surface area contributed by atoms with Crippen LogP contribution in [0.5, 0.6) is 0 Å². The molecule has 0 saturated carbocycles. The van der Waals surface area contributed by atoms with Crippen LogP contribution >= 0.6 is 0 Å². The molecule has 28 heavy (non-hydrogen) atoms. The maximum atomic E-state index is 12.7. The van der Waals surface area contributed by atoms with Crippen LogP contribution in [0.2, 0.25) is 0 Å². The Kier molecular flexibility index (Phi) is 7.24. The van der Waals surface area contributed by atoms with Crippen molar-refractivity contribution in [2.24, 2.45) is 5.92 Å². The number of esters is 1. The number of nitrogens with zero attached hydrogens (tertiary/aromatic N) is 1. The number of benzene rings is 2. The molecular formula is C19H22N2O6S. The molecular weight excluding hydrogens is 384 g/mol. The van der Waals surface area contributed by atoms with E-state index in [9.17, 15) is 23.3 Å². The van der Waals surface area contributed by atoms with Crippen LogP contribution in [-0.4, -0.2) is 25.4 Å². The first-order valence-electron chi connectivity index (χ1n) is 8.72. The molecule has 0 amide bonds. The van der Waals surface area contributed by atoms with Gasteiger partial charge in [-0.05, 0) is 17.5 Å². The van der Waals surface area contributed by atoms with E-state index in [1.54, 1.807) is 38.1 Å². The smallest absolute Gasteiger partial charge is 0.324 e. The number of rotatable bonds is 9. The number of para-hydroxylation sites is 1. The normalized spacial score (nSPS) is 13.5. The summed E-state index contributed by atoms with van der Waals surface area (Å²) in [7, 11) is -4.31. The largest absolute Gasteiger partial charge is 0.460 e. The molecule has 2 aromatic rings. The third kappa shape index (κ3) is 5.37. The molecule has 1 N–H and O–H groups in total. The SMILES string of the molecule is CCC(C)C(NS(=O)(=O)c1ccccc1[N+](=O)[O-])C(=O)OCc1ccccc1. The van der Waals surface area contributed by atoms with Gasteiger partial charge in [0.05, 0.1) is 4.92 Å². The van der Waals surface area contributed by atoms with Crippen LogP contribution in [-0.2, 0) is 26.2 Å². The molecule has 0 aliphatic heterocycles. The number of ether oxygens (including phenoxy) is 1. The van der Waals surface area contributed by atoms with Crippen LogP contribution in [0.25, 0.3) is 0 Å². The molecule has 0 fully saturated rings. The first kappa shape index (κ1) is 21.5. The van der Waals surface area contributed by atoms with Crippen molar-refractivity contribution in [1.29, 1.82) is 0 Å². The van der Waals surface area contributed by atoms with Crippen LogP contribution < -0.4 is 4.72 Å². The second-order valence-corrected chi connectivity index (χ2v) is 7.99. The van der Waals surface area contributed by atoms with E-state index in [0.29, 0.717) is 6.42 Å². The molecule has 2 aromatic carbocycles. The highest BCUT2D eigenvalue weighted by molar-refractivity contribution is 7.89. The van der Waals surface area contributed by atoms with Gasteiger partial charge < -0.3 is 4.74 Å². The third-order valence-corrected chi connectivity index (χ3v) is 5.81. The van der Waals surface area contributed by atoms with Crippen molar-refractivity contribution in [3.8, 4) is 0 Å². The predicted octanol–water partition coefficient (Wildman–Crippen LogP) is 3.03. The number of hydrogen-bond donors (Lipinski definition) is 1. The number of carbonyl (C=O) groups is 1. The minimum atomic E-state index is -4.31. The van der Waals surface area contributed by atoms with Crippen molar-refractivity contribution in [2.45, 2.75) is 37.8 Å². The van der Waals surface area contributed by atoms with Crippen molar-refractivity contribution in [3.63, 3.8) is 0 Å². The zero-order valence-electron chi connectivity index (χ0n) is 15.6. The van der Waals surface area contributed by atoms with E-state index in [2.05, 4.69) is 4.72 Å². The zero-order valence-corrected chi connectivity index (χ0v) is 16.4. The zero-order chi connectivity index (χ0) is 20.7. The Morgan fingerprint density at radius 3 is 2.36 bits per heavy atom. The molecule has 0 bridgehead atoms. The third-order valence-electron chi connectivity index (χ3n) is 4.32. The van der Waals surface area contributed by atoms with Gasteiger partial charge in [0.25, 0.3) is 5.69 Å². The summed E-state index contributed by atoms with van der Waals surface area (Å²) in [5.41, 5.74) is 0.205. The number of nitrogens with one attached hydrogen (secondary N) is 1. The summed E-state index contributed by atoms with van der Waals surface area (Å²) in [6.45, 7) is 3.51. The lowest BCUT2D eigenvalue weighted by Crippen LogP contribution is -2.45. The van der Waals surface area contributed by atoms with Crippen molar-refractivity contribution in [2.75, 3.05) is 0 Å². The Bertz CT molecular complexity index is 930. The molecule has 0 aromatic heterocycles. The van der Waals surface area contributed by atoms with Gasteiger partial charge >= 0.3 is 5.97 Å². The summed E-state index contributed by atoms with van der Waals surface area (Å²) in [4.78, 5) is 22.4. The summed E-state index contributed by atoms with van der Waals surface area (Å²) in [5.74, 6) is -1.11. The molecule has 0 heterocycles. The fraction of sp³-hybridized carbons (Fsp3) is 0.316. The fourth-order valence-electron chi connectivity index (χ4n) is 2.52. The predicted molar refractivity (Wildman–Crippen MR) is 103 cm³/mol. The van der Waals surface area contributed by atoms with Gasteiger partial charge in [0.2, 0.25) is 10.0 Å². The molecule has 0 saturated heterocycles. The summed E-state index contributed by atoms with van der Waals surface area (Å²) in [5, 5.41) is 11.2. The topological polar surface area (TPSA) is 116 Å². The minimum absolute atomic E-state index is 0.000179. The molecule has 2 atom stereocenters. The van der Waals surface area contributed by atoms with Crippen LogP contribution in [0.3, 0.4) is 0 Å². The second-order valence-electron chi connectivity index (χ2n) is 6.30. The van der Waals surface area contributed by atoms with Gasteiger partial charge in [-0.1, -0.05) is 62.7 Å². The van der Waals surface area contributed by atoms with Gasteiger partial charge in [0.1, 0.15) is 12.6 Å². The monoisotopic (exact) mass is 406 g/mol. The van der Waals surface area contributed by atoms with E-state index in [-0.39, 0.29) is 12.5 Å². The van der Waals surface area contributed by atoms with E-state index in [0.717, 1.165) is 17.7 Å². The Labute approximate surface area is 163 Å². The highest BCUT2D eigenvalue weighted by atomic mass is 32.2. The standard InChI is InChI=1S/C19H22N2O6S/c1-3-14(2)18(19(22)27-13-15-9-5-4-6-10-15)20-28(25,26)17-12-8-7-11-16(17)21(23)24/h4-12,14,18,20H,3,13H2,1-2H3. The highest BCUT2D eigenvalue weighted by Crippen LogP contribution is 2.24. The number of carbonyl (C=O) groups excluding carboxylic acids is 1. The number of hydrogen-bond acceptors (Lipinski definition) is 6. The highest BCUT2D eigenvalue weighted by Gasteiger charge is 2.34. The van der Waals surface area contributed by atoms with E-state index < -0.39 is 37.5 Å². The quantitative estimate of drug-likeness (QED) is 0.389. The molecule has 0 aliphatic rings. The minimum Gasteiger partial charge on any atom is -0.460 e. The summed E-state index contributed by atoms with van der Waals surface area (Å²) < 4.78 is 33.0. The first-order valence-corrected chi connectivity index (χ1v) is 10.2. The molecule has 2 unspecified atom stereocenters. The van der Waals surface area contributed by atoms with Crippen LogP contribution in [0.15, 0.2) is 59.5 Å². The second kappa shape index (κ2) is 9.43. The lowest BCUT2D eigenvalue weighted by molar-refractivity contribution is -0.387. The van der Waals surface area contributed by atoms with Gasteiger partial charge in [-0.2, -0.15) is 4.72 Å². The molecule has 0 radical (unpaired) electrons. The van der Waals surface area contributed by atoms with Crippen LogP contribution in [0.1, 0.15) is 25.8 Å². The van der Waals surface area contributed by atoms with Gasteiger partial charge in [0.15, 0.2) is 4.90 Å². The van der Waals surface area contributed by atoms with Crippen molar-refractivity contribution >= 4 is 21.7 Å². The molecule has 9 heteroatoms. The molecule has 150 valence electrons. The number of nitro benzene ring substituents is 1. The number of sulfonamides is 1. The molecule has 0 spiro atoms. The fourth-order valence-corrected chi connectivity index (χ4v) is 3.98. The van der Waals surface area contributed by atoms with Crippen molar-refractivity contribution < 1.29 is 22.9 Å². The van der Waals surface area contributed by atoms with Crippen LogP contribution in [0.4, 0.5) is 5.69 Å². The van der Waals surface area contributed by atoms with Gasteiger partial charge in [-0.3, -0.25) is 14.9 Å². The molecule has 2 rings (SSSR count). The lowest BCUT2D eigenvalue weighted by Gasteiger charge is -2.22. The van der Waals surface area contributed by atoms with Gasteiger partial charge in [0, 0.05) is 6.07 Å². The average molecular weight is 406 g/mol. The van der Waals surface area contributed by atoms with Crippen molar-refractivity contribution in [3.05, 3.63) is 70.3 Å². The average Bonchev–Trinajstić information content (AvgIpc) is 2.70. The Hall–Kier alpha value is -2.78. The van der Waals surface area contributed by atoms with Crippen molar-refractivity contribution in [1.82, 2.24) is 4.72 Å². The van der Waals surface area contributed by atoms with Crippen LogP contribution in [0, 0.1) is 16.0 Å². The van der Waals surface area contributed by atoms with Gasteiger partial charge in [-0.15, -0.1) is 0 Å². The summed E-state index contributed by atoms with van der Waals surface area (Å²) in [6.07, 6.45) is 0.504. The maximum absolute atomic E-state index is 12.7. The Morgan fingerprint density at radius 1 is 1.14 bits per heavy atom. The van der Waals surface area contributed by atoms with E-state index in [1.165, 1.54) is 12.1 Å². The summed E-state index contributed by atoms with van der Waals surface area (Å²) in [6, 6.07) is 12.8. The maximum Gasteiger partial charge on any atom is 0.324 e. The lowest BCUT2D eigenvalue weighted by atomic mass is 10.0. The molecule has 0 aliphatic carbocycles. The van der Waals surface area contributed by atoms with E-state index >= 15 is 0 Å². The number of nitro groups is 1. The summed E-state index contributed by atoms with van der Waals surface area (Å²) >= 11 is 0.